The molecule has 0 aromatic carbocycles. The zero-order valence-corrected chi connectivity index (χ0v) is 18.4. The molecule has 1 aliphatic heterocycles. The Bertz CT molecular complexity index is 1040. The molecular weight excluding hydrogens is 402 g/mol. The van der Waals surface area contributed by atoms with E-state index >= 15 is 0 Å². The molecule has 8 nitrogen and oxygen atoms in total. The standard InChI is InChI=1S/C21H25N5O3S/c1-12-7-16(8-13(2)23-12)19-18(9-22-20(27)17-11-29-25-15(17)4)24-21(30-19)26-5-6-28-10-14(26)3/h7-8,11,14H,5-6,9-10H2,1-4H3,(H,22,27)/t14-/m0/s1. The largest absolute Gasteiger partial charge is 0.377 e. The molecular formula is C21H25N5O3S. The van der Waals surface area contributed by atoms with Gasteiger partial charge in [-0.25, -0.2) is 4.98 Å². The zero-order chi connectivity index (χ0) is 21.3. The third-order valence-electron chi connectivity index (χ3n) is 5.05. The summed E-state index contributed by atoms with van der Waals surface area (Å²) >= 11 is 1.64. The van der Waals surface area contributed by atoms with Gasteiger partial charge in [0.25, 0.3) is 5.91 Å². The molecule has 4 rings (SSSR count). The van der Waals surface area contributed by atoms with Crippen molar-refractivity contribution in [1.82, 2.24) is 20.4 Å². The normalized spacial score (nSPS) is 16.7. The van der Waals surface area contributed by atoms with E-state index in [2.05, 4.69) is 39.4 Å². The summed E-state index contributed by atoms with van der Waals surface area (Å²) in [6.45, 7) is 10.3. The van der Waals surface area contributed by atoms with Crippen LogP contribution in [-0.4, -0.2) is 46.8 Å². The number of aromatic nitrogens is 3. The van der Waals surface area contributed by atoms with E-state index in [-0.39, 0.29) is 11.9 Å². The fraction of sp³-hybridized carbons (Fsp3) is 0.429. The predicted octanol–water partition coefficient (Wildman–Crippen LogP) is 3.27. The average molecular weight is 428 g/mol. The lowest BCUT2D eigenvalue weighted by atomic mass is 10.1. The number of hydrogen-bond acceptors (Lipinski definition) is 8. The molecule has 9 heteroatoms. The lowest BCUT2D eigenvalue weighted by Gasteiger charge is -2.32. The minimum atomic E-state index is -0.226. The van der Waals surface area contributed by atoms with Crippen molar-refractivity contribution in [2.24, 2.45) is 0 Å². The molecule has 30 heavy (non-hydrogen) atoms. The molecule has 158 valence electrons. The maximum atomic E-state index is 12.5. The molecule has 0 bridgehead atoms. The Balaban J connectivity index is 1.66. The highest BCUT2D eigenvalue weighted by atomic mass is 32.1. The van der Waals surface area contributed by atoms with Gasteiger partial charge in [0.2, 0.25) is 0 Å². The van der Waals surface area contributed by atoms with Gasteiger partial charge < -0.3 is 19.5 Å². The Morgan fingerprint density at radius 2 is 2.03 bits per heavy atom. The summed E-state index contributed by atoms with van der Waals surface area (Å²) in [6.07, 6.45) is 1.36. The van der Waals surface area contributed by atoms with E-state index in [9.17, 15) is 4.79 Å². The summed E-state index contributed by atoms with van der Waals surface area (Å²) in [4.78, 5) is 25.3. The number of amides is 1. The Morgan fingerprint density at radius 1 is 1.27 bits per heavy atom. The van der Waals surface area contributed by atoms with Crippen LogP contribution in [0.4, 0.5) is 5.13 Å². The van der Waals surface area contributed by atoms with E-state index in [1.807, 2.05) is 13.8 Å². The van der Waals surface area contributed by atoms with Crippen molar-refractivity contribution in [3.05, 3.63) is 46.7 Å². The highest BCUT2D eigenvalue weighted by Gasteiger charge is 2.25. The van der Waals surface area contributed by atoms with Crippen LogP contribution in [0.1, 0.15) is 40.1 Å². The molecule has 1 atom stereocenters. The number of ether oxygens (including phenoxy) is 1. The Kier molecular flexibility index (Phi) is 5.83. The monoisotopic (exact) mass is 427 g/mol. The molecule has 0 radical (unpaired) electrons. The van der Waals surface area contributed by atoms with Gasteiger partial charge in [0.1, 0.15) is 11.8 Å². The number of aryl methyl sites for hydroxylation is 3. The Morgan fingerprint density at radius 3 is 2.70 bits per heavy atom. The van der Waals surface area contributed by atoms with Crippen LogP contribution < -0.4 is 10.2 Å². The summed E-state index contributed by atoms with van der Waals surface area (Å²) in [5, 5.41) is 7.67. The van der Waals surface area contributed by atoms with Crippen LogP contribution in [0, 0.1) is 20.8 Å². The van der Waals surface area contributed by atoms with Crippen molar-refractivity contribution >= 4 is 22.4 Å². The van der Waals surface area contributed by atoms with Crippen molar-refractivity contribution in [2.75, 3.05) is 24.7 Å². The molecule has 0 unspecified atom stereocenters. The van der Waals surface area contributed by atoms with E-state index in [4.69, 9.17) is 14.2 Å². The minimum absolute atomic E-state index is 0.226. The number of nitrogens with one attached hydrogen (secondary N) is 1. The molecule has 1 N–H and O–H groups in total. The first-order chi connectivity index (χ1) is 14.4. The van der Waals surface area contributed by atoms with Crippen molar-refractivity contribution < 1.29 is 14.1 Å². The first-order valence-corrected chi connectivity index (χ1v) is 10.7. The molecule has 0 spiro atoms. The maximum Gasteiger partial charge on any atom is 0.256 e. The summed E-state index contributed by atoms with van der Waals surface area (Å²) in [5.74, 6) is -0.226. The van der Waals surface area contributed by atoms with Gasteiger partial charge in [-0.1, -0.05) is 16.5 Å². The highest BCUT2D eigenvalue weighted by molar-refractivity contribution is 7.19. The molecule has 1 aliphatic rings. The number of pyridine rings is 1. The van der Waals surface area contributed by atoms with E-state index in [0.29, 0.717) is 31.0 Å². The Hall–Kier alpha value is -2.78. The first-order valence-electron chi connectivity index (χ1n) is 9.91. The van der Waals surface area contributed by atoms with Crippen LogP contribution in [0.25, 0.3) is 10.4 Å². The summed E-state index contributed by atoms with van der Waals surface area (Å²) < 4.78 is 10.5. The van der Waals surface area contributed by atoms with Crippen molar-refractivity contribution in [2.45, 2.75) is 40.3 Å². The SMILES string of the molecule is Cc1cc(-c2sc(N3CCOC[C@@H]3C)nc2CNC(=O)c2conc2C)cc(C)n1. The van der Waals surface area contributed by atoms with Gasteiger partial charge >= 0.3 is 0 Å². The summed E-state index contributed by atoms with van der Waals surface area (Å²) in [7, 11) is 0. The van der Waals surface area contributed by atoms with Crippen molar-refractivity contribution in [3.63, 3.8) is 0 Å². The molecule has 1 amide bonds. The summed E-state index contributed by atoms with van der Waals surface area (Å²) in [6, 6.07) is 4.37. The van der Waals surface area contributed by atoms with Gasteiger partial charge in [0.15, 0.2) is 5.13 Å². The number of carbonyl (C=O) groups excluding carboxylic acids is 1. The second-order valence-corrected chi connectivity index (χ2v) is 8.50. The second kappa shape index (κ2) is 8.53. The molecule has 1 saturated heterocycles. The number of rotatable bonds is 5. The van der Waals surface area contributed by atoms with E-state index in [0.717, 1.165) is 39.2 Å². The predicted molar refractivity (Wildman–Crippen MR) is 115 cm³/mol. The molecule has 4 heterocycles. The smallest absolute Gasteiger partial charge is 0.256 e. The average Bonchev–Trinajstić information content (AvgIpc) is 3.32. The third-order valence-corrected chi connectivity index (χ3v) is 6.24. The lowest BCUT2D eigenvalue weighted by Crippen LogP contribution is -2.43. The van der Waals surface area contributed by atoms with Crippen LogP contribution >= 0.6 is 11.3 Å². The van der Waals surface area contributed by atoms with E-state index in [1.165, 1.54) is 6.26 Å². The van der Waals surface area contributed by atoms with Crippen LogP contribution in [0.2, 0.25) is 0 Å². The molecule has 0 saturated carbocycles. The lowest BCUT2D eigenvalue weighted by molar-refractivity contribution is 0.0949. The third kappa shape index (κ3) is 4.22. The zero-order valence-electron chi connectivity index (χ0n) is 17.6. The van der Waals surface area contributed by atoms with Gasteiger partial charge in [0, 0.05) is 17.9 Å². The molecule has 1 fully saturated rings. The van der Waals surface area contributed by atoms with Crippen LogP contribution in [0.15, 0.2) is 22.9 Å². The maximum absolute atomic E-state index is 12.5. The molecule has 3 aromatic rings. The van der Waals surface area contributed by atoms with Crippen LogP contribution in [-0.2, 0) is 11.3 Å². The van der Waals surface area contributed by atoms with Gasteiger partial charge in [-0.15, -0.1) is 0 Å². The Labute approximate surface area is 179 Å². The number of nitrogens with zero attached hydrogens (tertiary/aromatic N) is 4. The highest BCUT2D eigenvalue weighted by Crippen LogP contribution is 2.36. The number of carbonyl (C=O) groups is 1. The summed E-state index contributed by atoms with van der Waals surface area (Å²) in [5.41, 5.74) is 4.80. The number of hydrogen-bond donors (Lipinski definition) is 1. The van der Waals surface area contributed by atoms with Gasteiger partial charge in [-0.2, -0.15) is 0 Å². The molecule has 0 aliphatic carbocycles. The molecule has 3 aromatic heterocycles. The quantitative estimate of drug-likeness (QED) is 0.668. The van der Waals surface area contributed by atoms with E-state index in [1.54, 1.807) is 18.3 Å². The number of thiazole rings is 1. The van der Waals surface area contributed by atoms with Crippen molar-refractivity contribution in [3.8, 4) is 10.4 Å². The number of morpholine rings is 1. The van der Waals surface area contributed by atoms with Crippen LogP contribution in [0.5, 0.6) is 0 Å². The van der Waals surface area contributed by atoms with Gasteiger partial charge in [0.05, 0.1) is 42.1 Å². The fourth-order valence-corrected chi connectivity index (χ4v) is 4.75. The van der Waals surface area contributed by atoms with Crippen molar-refractivity contribution in [1.29, 1.82) is 0 Å². The number of anilines is 1. The second-order valence-electron chi connectivity index (χ2n) is 7.52. The van der Waals surface area contributed by atoms with E-state index < -0.39 is 0 Å². The first kappa shape index (κ1) is 20.5. The minimum Gasteiger partial charge on any atom is -0.377 e. The fourth-order valence-electron chi connectivity index (χ4n) is 3.55. The van der Waals surface area contributed by atoms with Gasteiger partial charge in [-0.05, 0) is 45.4 Å². The van der Waals surface area contributed by atoms with Crippen LogP contribution in [0.3, 0.4) is 0 Å². The van der Waals surface area contributed by atoms with Gasteiger partial charge in [-0.3, -0.25) is 9.78 Å². The topological polar surface area (TPSA) is 93.4 Å².